The van der Waals surface area contributed by atoms with Crippen molar-refractivity contribution < 1.29 is 32.9 Å². The van der Waals surface area contributed by atoms with Crippen molar-refractivity contribution in [2.75, 3.05) is 40.9 Å². The molecular formula is C55H106N2O6P+. The minimum absolute atomic E-state index is 0.0742. The van der Waals surface area contributed by atoms with Gasteiger partial charge in [-0.05, 0) is 51.4 Å². The van der Waals surface area contributed by atoms with Crippen LogP contribution in [0.1, 0.15) is 245 Å². The summed E-state index contributed by atoms with van der Waals surface area (Å²) in [5, 5.41) is 13.6. The highest BCUT2D eigenvalue weighted by Crippen LogP contribution is 2.43. The van der Waals surface area contributed by atoms with Gasteiger partial charge in [-0.3, -0.25) is 13.8 Å². The van der Waals surface area contributed by atoms with Gasteiger partial charge in [0.05, 0.1) is 39.9 Å². The summed E-state index contributed by atoms with van der Waals surface area (Å²) in [6.07, 6.45) is 61.5. The molecule has 9 heteroatoms. The van der Waals surface area contributed by atoms with Crippen molar-refractivity contribution in [3.8, 4) is 0 Å². The standard InChI is InChI=1S/C55H105N2O6P/c1-6-8-10-11-12-13-14-15-16-17-18-19-20-21-22-23-24-25-26-27-28-29-30-31-32-33-34-35-36-37-38-39-40-41-42-43-44-45-47-49-55(59)56-53(54(58)48-46-9-7-2)52-63-64(60,61)62-51-50-57(3,4)5/h8,10,12-13,15-16,18-19,53-54,58H,6-7,9,11,14,17,20-52H2,1-5H3,(H-,56,59,60,61)/p+1/b10-8-,13-12-,16-15-,19-18-. The fourth-order valence-corrected chi connectivity index (χ4v) is 8.60. The molecule has 0 saturated heterocycles. The third-order valence-corrected chi connectivity index (χ3v) is 13.1. The molecule has 0 aliphatic rings. The molecule has 0 saturated carbocycles. The number of aliphatic hydroxyl groups is 1. The van der Waals surface area contributed by atoms with E-state index in [9.17, 15) is 19.4 Å². The molecule has 0 aromatic carbocycles. The zero-order valence-corrected chi connectivity index (χ0v) is 43.7. The van der Waals surface area contributed by atoms with Crippen LogP contribution < -0.4 is 5.32 Å². The second kappa shape index (κ2) is 46.6. The van der Waals surface area contributed by atoms with Crippen molar-refractivity contribution in [3.05, 3.63) is 48.6 Å². The zero-order valence-electron chi connectivity index (χ0n) is 42.8. The minimum atomic E-state index is -4.29. The number of carbonyl (C=O) groups excluding carboxylic acids is 1. The number of phosphoric acid groups is 1. The highest BCUT2D eigenvalue weighted by atomic mass is 31.2. The Morgan fingerprint density at radius 1 is 0.547 bits per heavy atom. The first-order valence-corrected chi connectivity index (χ1v) is 28.5. The first kappa shape index (κ1) is 62.5. The number of likely N-dealkylation sites (N-methyl/N-ethyl adjacent to an activating group) is 1. The molecule has 3 unspecified atom stereocenters. The lowest BCUT2D eigenvalue weighted by Gasteiger charge is -2.26. The number of phosphoric ester groups is 1. The molecule has 0 spiro atoms. The van der Waals surface area contributed by atoms with Crippen molar-refractivity contribution in [1.82, 2.24) is 5.32 Å². The molecule has 376 valence electrons. The van der Waals surface area contributed by atoms with Crippen LogP contribution in [0.2, 0.25) is 0 Å². The normalized spacial score (nSPS) is 14.4. The van der Waals surface area contributed by atoms with Crippen LogP contribution in [0.25, 0.3) is 0 Å². The number of carbonyl (C=O) groups is 1. The van der Waals surface area contributed by atoms with Crippen molar-refractivity contribution in [1.29, 1.82) is 0 Å². The average Bonchev–Trinajstić information content (AvgIpc) is 3.25. The summed E-state index contributed by atoms with van der Waals surface area (Å²) in [4.78, 5) is 22.9. The molecule has 0 radical (unpaired) electrons. The summed E-state index contributed by atoms with van der Waals surface area (Å²) >= 11 is 0. The van der Waals surface area contributed by atoms with Crippen molar-refractivity contribution in [2.24, 2.45) is 0 Å². The van der Waals surface area contributed by atoms with E-state index < -0.39 is 20.0 Å². The lowest BCUT2D eigenvalue weighted by Crippen LogP contribution is -2.46. The van der Waals surface area contributed by atoms with Crippen LogP contribution in [0.4, 0.5) is 0 Å². The molecule has 0 heterocycles. The Morgan fingerprint density at radius 3 is 1.34 bits per heavy atom. The Morgan fingerprint density at radius 2 is 0.938 bits per heavy atom. The quantitative estimate of drug-likeness (QED) is 0.0243. The number of hydrogen-bond acceptors (Lipinski definition) is 5. The maximum absolute atomic E-state index is 12.7. The van der Waals surface area contributed by atoms with Gasteiger partial charge in [0.2, 0.25) is 5.91 Å². The second-order valence-corrected chi connectivity index (χ2v) is 21.0. The molecule has 0 fully saturated rings. The zero-order chi connectivity index (χ0) is 47.1. The number of aliphatic hydroxyl groups excluding tert-OH is 1. The summed E-state index contributed by atoms with van der Waals surface area (Å²) in [6, 6.07) is -0.753. The number of quaternary nitrogens is 1. The van der Waals surface area contributed by atoms with Crippen molar-refractivity contribution in [3.63, 3.8) is 0 Å². The third kappa shape index (κ3) is 48.4. The third-order valence-electron chi connectivity index (χ3n) is 12.1. The van der Waals surface area contributed by atoms with Crippen LogP contribution in [0.3, 0.4) is 0 Å². The molecule has 3 atom stereocenters. The van der Waals surface area contributed by atoms with E-state index in [2.05, 4.69) is 67.8 Å². The Labute approximate surface area is 397 Å². The SMILES string of the molecule is CC/C=C\C/C=C\C/C=C\C/C=C\CCCCCCCCCCCCCCCCCCCCCCCCCCCCC(=O)NC(COP(=O)(O)OCC[N+](C)(C)C)C(O)CCCCC. The first-order valence-electron chi connectivity index (χ1n) is 27.0. The summed E-state index contributed by atoms with van der Waals surface area (Å²) in [5.41, 5.74) is 0. The lowest BCUT2D eigenvalue weighted by molar-refractivity contribution is -0.870. The van der Waals surface area contributed by atoms with E-state index >= 15 is 0 Å². The maximum Gasteiger partial charge on any atom is 0.472 e. The molecule has 8 nitrogen and oxygen atoms in total. The average molecular weight is 922 g/mol. The van der Waals surface area contributed by atoms with E-state index in [-0.39, 0.29) is 19.1 Å². The Balaban J connectivity index is 3.60. The van der Waals surface area contributed by atoms with E-state index in [1.54, 1.807) is 0 Å². The van der Waals surface area contributed by atoms with Crippen LogP contribution in [-0.4, -0.2) is 73.4 Å². The van der Waals surface area contributed by atoms with Gasteiger partial charge in [-0.2, -0.15) is 0 Å². The number of nitrogens with one attached hydrogen (secondary N) is 1. The van der Waals surface area contributed by atoms with Gasteiger partial charge in [-0.15, -0.1) is 0 Å². The highest BCUT2D eigenvalue weighted by Gasteiger charge is 2.28. The molecule has 0 aliphatic carbocycles. The number of nitrogens with zero attached hydrogens (tertiary/aromatic N) is 1. The molecular weight excluding hydrogens is 816 g/mol. The molecule has 1 amide bonds. The van der Waals surface area contributed by atoms with E-state index in [0.29, 0.717) is 23.9 Å². The monoisotopic (exact) mass is 922 g/mol. The molecule has 64 heavy (non-hydrogen) atoms. The molecule has 0 aromatic heterocycles. The molecule has 0 bridgehead atoms. The Hall–Kier alpha value is -1.54. The van der Waals surface area contributed by atoms with Crippen LogP contribution in [-0.2, 0) is 18.4 Å². The number of hydrogen-bond donors (Lipinski definition) is 3. The van der Waals surface area contributed by atoms with Gasteiger partial charge in [0.25, 0.3) is 0 Å². The van der Waals surface area contributed by atoms with Crippen molar-refractivity contribution >= 4 is 13.7 Å². The van der Waals surface area contributed by atoms with Gasteiger partial charge in [0, 0.05) is 6.42 Å². The molecule has 0 rings (SSSR count). The fourth-order valence-electron chi connectivity index (χ4n) is 7.86. The summed E-state index contributed by atoms with van der Waals surface area (Å²) in [6.45, 7) is 4.62. The molecule has 3 N–H and O–H groups in total. The Bertz CT molecular complexity index is 1180. The number of amides is 1. The summed E-state index contributed by atoms with van der Waals surface area (Å²) in [7, 11) is 1.61. The number of unbranched alkanes of at least 4 members (excludes halogenated alkanes) is 28. The minimum Gasteiger partial charge on any atom is -0.391 e. The van der Waals surface area contributed by atoms with E-state index in [1.807, 2.05) is 21.1 Å². The summed E-state index contributed by atoms with van der Waals surface area (Å²) in [5.74, 6) is -0.153. The predicted molar refractivity (Wildman–Crippen MR) is 277 cm³/mol. The van der Waals surface area contributed by atoms with Crippen LogP contribution >= 0.6 is 7.82 Å². The second-order valence-electron chi connectivity index (χ2n) is 19.6. The first-order chi connectivity index (χ1) is 31.0. The largest absolute Gasteiger partial charge is 0.472 e. The van der Waals surface area contributed by atoms with Gasteiger partial charge in [-0.1, -0.05) is 236 Å². The van der Waals surface area contributed by atoms with Crippen LogP contribution in [0.15, 0.2) is 48.6 Å². The maximum atomic E-state index is 12.7. The molecule has 0 aliphatic heterocycles. The van der Waals surface area contributed by atoms with Crippen LogP contribution in [0.5, 0.6) is 0 Å². The van der Waals surface area contributed by atoms with Gasteiger partial charge in [-0.25, -0.2) is 4.57 Å². The number of allylic oxidation sites excluding steroid dienone is 8. The van der Waals surface area contributed by atoms with Gasteiger partial charge >= 0.3 is 7.82 Å². The Kier molecular flexibility index (Phi) is 45.4. The van der Waals surface area contributed by atoms with E-state index in [4.69, 9.17) is 9.05 Å². The lowest BCUT2D eigenvalue weighted by atomic mass is 10.0. The van der Waals surface area contributed by atoms with Gasteiger partial charge < -0.3 is 19.8 Å². The molecule has 0 aromatic rings. The fraction of sp³-hybridized carbons (Fsp3) is 0.836. The van der Waals surface area contributed by atoms with E-state index in [1.165, 1.54) is 154 Å². The van der Waals surface area contributed by atoms with Gasteiger partial charge in [0.1, 0.15) is 13.2 Å². The topological polar surface area (TPSA) is 105 Å². The van der Waals surface area contributed by atoms with Gasteiger partial charge in [0.15, 0.2) is 0 Å². The smallest absolute Gasteiger partial charge is 0.391 e. The van der Waals surface area contributed by atoms with Crippen LogP contribution in [0, 0.1) is 0 Å². The predicted octanol–water partition coefficient (Wildman–Crippen LogP) is 16.0. The number of rotatable bonds is 49. The van der Waals surface area contributed by atoms with Crippen molar-refractivity contribution in [2.45, 2.75) is 257 Å². The summed E-state index contributed by atoms with van der Waals surface area (Å²) < 4.78 is 23.3. The highest BCUT2D eigenvalue weighted by molar-refractivity contribution is 7.47. The van der Waals surface area contributed by atoms with E-state index in [0.717, 1.165) is 64.2 Å².